The predicted molar refractivity (Wildman–Crippen MR) is 69.7 cm³/mol. The molecule has 0 saturated heterocycles. The van der Waals surface area contributed by atoms with E-state index in [4.69, 9.17) is 5.73 Å². The van der Waals surface area contributed by atoms with Crippen molar-refractivity contribution in [2.75, 3.05) is 18.0 Å². The van der Waals surface area contributed by atoms with Gasteiger partial charge in [-0.05, 0) is 37.9 Å². The molecule has 1 heterocycles. The van der Waals surface area contributed by atoms with Crippen molar-refractivity contribution in [3.8, 4) is 0 Å². The van der Waals surface area contributed by atoms with Gasteiger partial charge in [-0.2, -0.15) is 0 Å². The Labute approximate surface area is 103 Å². The zero-order valence-corrected chi connectivity index (χ0v) is 10.6. The van der Waals surface area contributed by atoms with Gasteiger partial charge < -0.3 is 10.6 Å². The quantitative estimate of drug-likeness (QED) is 0.818. The number of carbonyl (C=O) groups is 1. The largest absolute Gasteiger partial charge is 0.330 e. The summed E-state index contributed by atoms with van der Waals surface area (Å²) in [5.41, 5.74) is 6.45. The van der Waals surface area contributed by atoms with Crippen molar-refractivity contribution < 1.29 is 4.79 Å². The van der Waals surface area contributed by atoms with Crippen LogP contribution in [0.4, 0.5) is 5.69 Å². The number of pyridine rings is 1. The second kappa shape index (κ2) is 7.01. The van der Waals surface area contributed by atoms with Crippen molar-refractivity contribution in [3.05, 3.63) is 24.5 Å². The summed E-state index contributed by atoms with van der Waals surface area (Å²) in [5, 5.41) is 0. The molecule has 0 fully saturated rings. The lowest BCUT2D eigenvalue weighted by Crippen LogP contribution is -2.31. The van der Waals surface area contributed by atoms with E-state index in [2.05, 4.69) is 11.9 Å². The third-order valence-electron chi connectivity index (χ3n) is 2.85. The van der Waals surface area contributed by atoms with Crippen LogP contribution in [0, 0.1) is 5.92 Å². The molecule has 94 valence electrons. The van der Waals surface area contributed by atoms with Crippen molar-refractivity contribution in [1.29, 1.82) is 0 Å². The van der Waals surface area contributed by atoms with E-state index in [1.807, 2.05) is 19.1 Å². The molecule has 0 aromatic carbocycles. The van der Waals surface area contributed by atoms with Crippen molar-refractivity contribution in [2.24, 2.45) is 11.7 Å². The Balaban J connectivity index is 2.59. The van der Waals surface area contributed by atoms with Gasteiger partial charge in [0.2, 0.25) is 5.91 Å². The molecule has 2 N–H and O–H groups in total. The highest BCUT2D eigenvalue weighted by atomic mass is 16.2. The van der Waals surface area contributed by atoms with E-state index in [1.165, 1.54) is 0 Å². The fraction of sp³-hybridized carbons (Fsp3) is 0.538. The molecule has 1 aromatic heterocycles. The Kier molecular flexibility index (Phi) is 5.63. The smallest absolute Gasteiger partial charge is 0.226 e. The number of carbonyl (C=O) groups excluding carboxylic acids is 1. The number of aromatic nitrogens is 1. The first-order chi connectivity index (χ1) is 8.19. The van der Waals surface area contributed by atoms with E-state index >= 15 is 0 Å². The Hall–Kier alpha value is -1.42. The summed E-state index contributed by atoms with van der Waals surface area (Å²) in [6, 6.07) is 3.71. The van der Waals surface area contributed by atoms with Crippen LogP contribution in [0.1, 0.15) is 26.7 Å². The van der Waals surface area contributed by atoms with Gasteiger partial charge in [-0.1, -0.05) is 6.92 Å². The minimum atomic E-state index is 0.152. The summed E-state index contributed by atoms with van der Waals surface area (Å²) < 4.78 is 0. The van der Waals surface area contributed by atoms with Crippen LogP contribution in [0.5, 0.6) is 0 Å². The second-order valence-electron chi connectivity index (χ2n) is 4.22. The molecule has 0 aliphatic heterocycles. The maximum Gasteiger partial charge on any atom is 0.226 e. The van der Waals surface area contributed by atoms with Crippen molar-refractivity contribution >= 4 is 11.6 Å². The van der Waals surface area contributed by atoms with Crippen molar-refractivity contribution in [3.63, 3.8) is 0 Å². The van der Waals surface area contributed by atoms with Gasteiger partial charge in [-0.25, -0.2) is 0 Å². The first-order valence-electron chi connectivity index (χ1n) is 6.09. The SMILES string of the molecule is CCN(C(=O)CCC(C)CN)c1ccncc1. The average molecular weight is 235 g/mol. The highest BCUT2D eigenvalue weighted by Crippen LogP contribution is 2.15. The minimum absolute atomic E-state index is 0.152. The van der Waals surface area contributed by atoms with E-state index in [0.717, 1.165) is 12.1 Å². The summed E-state index contributed by atoms with van der Waals surface area (Å²) in [6.07, 6.45) is 4.80. The van der Waals surface area contributed by atoms with E-state index in [1.54, 1.807) is 17.3 Å². The van der Waals surface area contributed by atoms with E-state index in [9.17, 15) is 4.79 Å². The van der Waals surface area contributed by atoms with Gasteiger partial charge in [0.1, 0.15) is 0 Å². The molecular weight excluding hydrogens is 214 g/mol. The van der Waals surface area contributed by atoms with Gasteiger partial charge in [0.15, 0.2) is 0 Å². The fourth-order valence-electron chi connectivity index (χ4n) is 1.65. The van der Waals surface area contributed by atoms with E-state index < -0.39 is 0 Å². The van der Waals surface area contributed by atoms with Crippen molar-refractivity contribution in [1.82, 2.24) is 4.98 Å². The van der Waals surface area contributed by atoms with Crippen LogP contribution >= 0.6 is 0 Å². The third-order valence-corrected chi connectivity index (χ3v) is 2.85. The van der Waals surface area contributed by atoms with Gasteiger partial charge in [0.05, 0.1) is 0 Å². The Morgan fingerprint density at radius 1 is 1.47 bits per heavy atom. The van der Waals surface area contributed by atoms with Crippen LogP contribution in [0.25, 0.3) is 0 Å². The number of hydrogen-bond donors (Lipinski definition) is 1. The Bertz CT molecular complexity index is 340. The van der Waals surface area contributed by atoms with Crippen molar-refractivity contribution in [2.45, 2.75) is 26.7 Å². The molecule has 0 spiro atoms. The highest BCUT2D eigenvalue weighted by Gasteiger charge is 2.14. The van der Waals surface area contributed by atoms with E-state index in [-0.39, 0.29) is 5.91 Å². The van der Waals surface area contributed by atoms with Crippen LogP contribution in [0.3, 0.4) is 0 Å². The first-order valence-corrected chi connectivity index (χ1v) is 6.09. The van der Waals surface area contributed by atoms with Gasteiger partial charge in [0, 0.05) is 31.0 Å². The number of amides is 1. The molecule has 1 atom stereocenters. The fourth-order valence-corrected chi connectivity index (χ4v) is 1.65. The zero-order valence-electron chi connectivity index (χ0n) is 10.6. The van der Waals surface area contributed by atoms with E-state index in [0.29, 0.717) is 25.4 Å². The number of nitrogens with two attached hydrogens (primary N) is 1. The molecule has 4 heteroatoms. The molecule has 1 amide bonds. The Morgan fingerprint density at radius 3 is 2.65 bits per heavy atom. The number of nitrogens with zero attached hydrogens (tertiary/aromatic N) is 2. The van der Waals surface area contributed by atoms with Crippen LogP contribution in [0.15, 0.2) is 24.5 Å². The lowest BCUT2D eigenvalue weighted by Gasteiger charge is -2.21. The summed E-state index contributed by atoms with van der Waals surface area (Å²) in [7, 11) is 0. The monoisotopic (exact) mass is 235 g/mol. The van der Waals surface area contributed by atoms with Gasteiger partial charge in [-0.15, -0.1) is 0 Å². The highest BCUT2D eigenvalue weighted by molar-refractivity contribution is 5.93. The molecule has 0 bridgehead atoms. The zero-order chi connectivity index (χ0) is 12.7. The standard InChI is InChI=1S/C13H21N3O/c1-3-16(12-6-8-15-9-7-12)13(17)5-4-11(2)10-14/h6-9,11H,3-5,10,14H2,1-2H3. The van der Waals surface area contributed by atoms with Gasteiger partial charge in [0.25, 0.3) is 0 Å². The lowest BCUT2D eigenvalue weighted by molar-refractivity contribution is -0.118. The molecule has 0 saturated carbocycles. The van der Waals surface area contributed by atoms with Crippen LogP contribution in [0.2, 0.25) is 0 Å². The number of hydrogen-bond acceptors (Lipinski definition) is 3. The maximum absolute atomic E-state index is 12.1. The number of anilines is 1. The normalized spacial score (nSPS) is 12.2. The van der Waals surface area contributed by atoms with Crippen LogP contribution < -0.4 is 10.6 Å². The number of rotatable bonds is 6. The molecule has 0 aliphatic carbocycles. The molecular formula is C13H21N3O. The molecule has 4 nitrogen and oxygen atoms in total. The lowest BCUT2D eigenvalue weighted by atomic mass is 10.1. The average Bonchev–Trinajstić information content (AvgIpc) is 2.38. The molecule has 1 unspecified atom stereocenters. The predicted octanol–water partition coefficient (Wildman–Crippen LogP) is 1.81. The second-order valence-corrected chi connectivity index (χ2v) is 4.22. The third kappa shape index (κ3) is 4.15. The maximum atomic E-state index is 12.1. The van der Waals surface area contributed by atoms with Crippen LogP contribution in [-0.2, 0) is 4.79 Å². The Morgan fingerprint density at radius 2 is 2.12 bits per heavy atom. The molecule has 1 rings (SSSR count). The van der Waals surface area contributed by atoms with Crippen LogP contribution in [-0.4, -0.2) is 24.0 Å². The first kappa shape index (κ1) is 13.6. The molecule has 1 aromatic rings. The van der Waals surface area contributed by atoms with Gasteiger partial charge in [-0.3, -0.25) is 9.78 Å². The molecule has 0 radical (unpaired) electrons. The summed E-state index contributed by atoms with van der Waals surface area (Å²) in [4.78, 5) is 17.8. The van der Waals surface area contributed by atoms with Gasteiger partial charge >= 0.3 is 0 Å². The molecule has 0 aliphatic rings. The summed E-state index contributed by atoms with van der Waals surface area (Å²) >= 11 is 0. The molecule has 17 heavy (non-hydrogen) atoms. The summed E-state index contributed by atoms with van der Waals surface area (Å²) in [6.45, 7) is 5.36. The topological polar surface area (TPSA) is 59.2 Å². The summed E-state index contributed by atoms with van der Waals surface area (Å²) in [5.74, 6) is 0.550. The minimum Gasteiger partial charge on any atom is -0.330 e.